The molecule has 3 heterocycles. The number of benzene rings is 6. The van der Waals surface area contributed by atoms with Gasteiger partial charge in [0, 0.05) is 50.1 Å². The third-order valence-electron chi connectivity index (χ3n) is 12.2. The van der Waals surface area contributed by atoms with Gasteiger partial charge in [-0.15, -0.1) is 53.6 Å². The number of aromatic nitrogens is 4. The van der Waals surface area contributed by atoms with E-state index >= 15 is 0 Å². The van der Waals surface area contributed by atoms with E-state index in [2.05, 4.69) is 216 Å². The van der Waals surface area contributed by atoms with Gasteiger partial charge in [-0.05, 0) is 105 Å². The summed E-state index contributed by atoms with van der Waals surface area (Å²) >= 11 is 0. The molecule has 0 aliphatic carbocycles. The van der Waals surface area contributed by atoms with Crippen LogP contribution in [-0.2, 0) is 33.1 Å². The number of pyridine rings is 1. The van der Waals surface area contributed by atoms with Crippen molar-refractivity contribution in [3.05, 3.63) is 179 Å². The minimum atomic E-state index is -1.40. The average Bonchev–Trinajstić information content (AvgIpc) is 3.81. The maximum atomic E-state index is 8.89. The van der Waals surface area contributed by atoms with Crippen molar-refractivity contribution in [3.8, 4) is 34.4 Å². The first-order valence-electron chi connectivity index (χ1n) is 22.7. The molecule has 0 atom stereocenters. The molecule has 7 heteroatoms. The van der Waals surface area contributed by atoms with Gasteiger partial charge in [-0.2, -0.15) is 0 Å². The maximum Gasteiger partial charge on any atom is 0.0798 e. The molecular formula is C58H59IrN5Si-2. The Morgan fingerprint density at radius 3 is 2.02 bits per heavy atom. The number of rotatable bonds is 10. The van der Waals surface area contributed by atoms with E-state index in [4.69, 9.17) is 10.2 Å². The number of imidazole rings is 1. The Bertz CT molecular complexity index is 3120. The maximum absolute atomic E-state index is 8.89. The molecule has 6 aromatic carbocycles. The van der Waals surface area contributed by atoms with Crippen LogP contribution in [0.4, 0.5) is 0 Å². The van der Waals surface area contributed by atoms with Gasteiger partial charge in [0.1, 0.15) is 0 Å². The molecule has 0 saturated heterocycles. The fraction of sp³-hybridized carbons (Fsp3) is 0.259. The van der Waals surface area contributed by atoms with E-state index in [1.807, 2.05) is 12.1 Å². The Morgan fingerprint density at radius 2 is 1.37 bits per heavy atom. The van der Waals surface area contributed by atoms with Gasteiger partial charge in [0.05, 0.1) is 24.9 Å². The first-order valence-corrected chi connectivity index (χ1v) is 26.2. The van der Waals surface area contributed by atoms with Crippen molar-refractivity contribution in [1.29, 1.82) is 5.26 Å². The molecule has 0 spiro atoms. The van der Waals surface area contributed by atoms with Crippen molar-refractivity contribution in [2.45, 2.75) is 92.9 Å². The van der Waals surface area contributed by atoms with Crippen LogP contribution in [0.25, 0.3) is 61.2 Å². The molecule has 1 radical (unpaired) electrons. The van der Waals surface area contributed by atoms with Crippen LogP contribution in [0.2, 0.25) is 19.6 Å². The fourth-order valence-corrected chi connectivity index (χ4v) is 10.7. The average molecular weight is 1050 g/mol. The molecule has 5 nitrogen and oxygen atoms in total. The summed E-state index contributed by atoms with van der Waals surface area (Å²) in [6, 6.07) is 53.8. The summed E-state index contributed by atoms with van der Waals surface area (Å²) in [5.74, 6) is 2.45. The fourth-order valence-electron chi connectivity index (χ4n) is 9.13. The van der Waals surface area contributed by atoms with Crippen LogP contribution >= 0.6 is 0 Å². The monoisotopic (exact) mass is 1050 g/mol. The number of nitrogens with zero attached hydrogens (tertiary/aromatic N) is 5. The molecule has 0 N–H and O–H groups in total. The van der Waals surface area contributed by atoms with Crippen molar-refractivity contribution in [2.24, 2.45) is 5.92 Å². The van der Waals surface area contributed by atoms with Gasteiger partial charge in [0.25, 0.3) is 0 Å². The number of fused-ring (bicyclic) bond motifs is 4. The van der Waals surface area contributed by atoms with Crippen molar-refractivity contribution < 1.29 is 20.1 Å². The Kier molecular flexibility index (Phi) is 14.3. The van der Waals surface area contributed by atoms with E-state index < -0.39 is 8.07 Å². The van der Waals surface area contributed by atoms with Crippen LogP contribution in [0.1, 0.15) is 86.8 Å². The normalized spacial score (nSPS) is 11.6. The largest absolute Gasteiger partial charge is 0.360 e. The van der Waals surface area contributed by atoms with Gasteiger partial charge >= 0.3 is 0 Å². The van der Waals surface area contributed by atoms with Crippen LogP contribution in [0.15, 0.2) is 134 Å². The predicted molar refractivity (Wildman–Crippen MR) is 272 cm³/mol. The number of para-hydroxylation sites is 3. The summed E-state index contributed by atoms with van der Waals surface area (Å²) in [6.07, 6.45) is 3.14. The minimum Gasteiger partial charge on any atom is -0.360 e. The molecular weight excluding hydrogens is 987 g/mol. The smallest absolute Gasteiger partial charge is 0.0798 e. The van der Waals surface area contributed by atoms with Gasteiger partial charge in [0.15, 0.2) is 0 Å². The van der Waals surface area contributed by atoms with Crippen LogP contribution < -0.4 is 5.19 Å². The van der Waals surface area contributed by atoms with E-state index in [1.165, 1.54) is 49.3 Å². The van der Waals surface area contributed by atoms with Crippen molar-refractivity contribution in [3.63, 3.8) is 0 Å². The molecule has 0 unspecified atom stereocenters. The Labute approximate surface area is 400 Å². The van der Waals surface area contributed by atoms with Crippen LogP contribution in [0.3, 0.4) is 0 Å². The molecule has 0 fully saturated rings. The molecule has 0 bridgehead atoms. The van der Waals surface area contributed by atoms with Gasteiger partial charge < -0.3 is 14.1 Å². The summed E-state index contributed by atoms with van der Waals surface area (Å²) in [5.41, 5.74) is 16.1. The zero-order chi connectivity index (χ0) is 45.3. The van der Waals surface area contributed by atoms with Crippen molar-refractivity contribution >= 4 is 46.1 Å². The van der Waals surface area contributed by atoms with E-state index in [0.29, 0.717) is 23.3 Å². The molecule has 0 amide bonds. The first-order chi connectivity index (χ1) is 30.7. The Morgan fingerprint density at radius 1 is 0.692 bits per heavy atom. The standard InChI is InChI=1S/C39H36N3.C19H23N2Si.Ir/c1-25(2)30-14-11-15-31(26(3)4)34(30)24-41-38-17-10-9-16-35(38)40-39(41)28-19-21-37-33(23-28)32-22-27(5)18-20-36(32)42(37)29-12-7-6-8-13-29;1-14(2)10-17-11-18(21-13-19(17)22(3,4)5)16-8-6-15(12-20)7-9-16;/h6-18,20-23,25-26H,24H2,1-5H3;6-8,11,13-14H,10H2,1-5H3;/q2*-1;. The first kappa shape index (κ1) is 47.1. The number of aryl methyl sites for hydroxylation is 1. The number of hydrogen-bond donors (Lipinski definition) is 0. The number of nitriles is 1. The quantitative estimate of drug-likeness (QED) is 0.101. The second-order valence-electron chi connectivity index (χ2n) is 19.2. The van der Waals surface area contributed by atoms with Crippen molar-refractivity contribution in [2.75, 3.05) is 0 Å². The molecule has 0 saturated carbocycles. The topological polar surface area (TPSA) is 59.4 Å². The van der Waals surface area contributed by atoms with Gasteiger partial charge in [-0.1, -0.05) is 144 Å². The Hall–Kier alpha value is -5.90. The van der Waals surface area contributed by atoms with Gasteiger partial charge in [0.2, 0.25) is 0 Å². The minimum absolute atomic E-state index is 0. The summed E-state index contributed by atoms with van der Waals surface area (Å²) in [5, 5.41) is 12.8. The number of hydrogen-bond acceptors (Lipinski definition) is 3. The zero-order valence-electron chi connectivity index (χ0n) is 39.4. The van der Waals surface area contributed by atoms with E-state index in [9.17, 15) is 0 Å². The van der Waals surface area contributed by atoms with Crippen LogP contribution in [0.5, 0.6) is 0 Å². The van der Waals surface area contributed by atoms with Crippen molar-refractivity contribution in [1.82, 2.24) is 19.1 Å². The third kappa shape index (κ3) is 9.87. The van der Waals surface area contributed by atoms with Gasteiger partial charge in [-0.25, -0.2) is 5.26 Å². The Balaban J connectivity index is 0.000000233. The molecule has 9 aromatic rings. The summed E-state index contributed by atoms with van der Waals surface area (Å²) in [4.78, 5) is 9.88. The van der Waals surface area contributed by atoms with E-state index in [-0.39, 0.29) is 20.1 Å². The van der Waals surface area contributed by atoms with E-state index in [0.717, 1.165) is 57.8 Å². The second-order valence-corrected chi connectivity index (χ2v) is 24.3. The molecule has 0 aliphatic rings. The summed E-state index contributed by atoms with van der Waals surface area (Å²) < 4.78 is 4.75. The summed E-state index contributed by atoms with van der Waals surface area (Å²) in [7, 11) is -1.40. The van der Waals surface area contributed by atoms with Crippen LogP contribution in [0, 0.1) is 36.3 Å². The summed E-state index contributed by atoms with van der Waals surface area (Å²) in [6.45, 7) is 23.7. The van der Waals surface area contributed by atoms with Crippen LogP contribution in [-0.4, -0.2) is 27.2 Å². The third-order valence-corrected chi connectivity index (χ3v) is 14.3. The molecule has 331 valence electrons. The predicted octanol–water partition coefficient (Wildman–Crippen LogP) is 14.4. The SMILES string of the molecule is CC(C)Cc1cc(-c2[c-]cc(C#N)cc2)ncc1[Si](C)(C)C.Cc1ccc2c(c1)c1cc(-c3nc4ccccc4n3Cc3c(C(C)C)cccc3C(C)C)[c-]cc1n2-c1ccccc1.[Ir]. The molecule has 3 aromatic heterocycles. The van der Waals surface area contributed by atoms with E-state index in [1.54, 1.807) is 6.07 Å². The second kappa shape index (κ2) is 19.7. The molecule has 65 heavy (non-hydrogen) atoms. The van der Waals surface area contributed by atoms with Gasteiger partial charge in [-0.3, -0.25) is 4.98 Å². The zero-order valence-corrected chi connectivity index (χ0v) is 42.8. The molecule has 0 aliphatic heterocycles. The molecule has 9 rings (SSSR count).